The van der Waals surface area contributed by atoms with E-state index in [-0.39, 0.29) is 0 Å². The number of anilines is 2. The number of carbonyl (C=O) groups excluding carboxylic acids is 1. The van der Waals surface area contributed by atoms with Crippen molar-refractivity contribution in [2.75, 3.05) is 11.1 Å². The van der Waals surface area contributed by atoms with Crippen molar-refractivity contribution < 1.29 is 4.79 Å². The molecule has 0 atom stereocenters. The maximum absolute atomic E-state index is 11.1. The van der Waals surface area contributed by atoms with Crippen LogP contribution in [0.1, 0.15) is 15.2 Å². The van der Waals surface area contributed by atoms with Crippen molar-refractivity contribution in [1.29, 1.82) is 0 Å². The molecule has 0 bridgehead atoms. The van der Waals surface area contributed by atoms with Crippen molar-refractivity contribution in [3.8, 4) is 0 Å². The number of primary amides is 1. The van der Waals surface area contributed by atoms with Gasteiger partial charge in [0.1, 0.15) is 0 Å². The van der Waals surface area contributed by atoms with Gasteiger partial charge in [0.15, 0.2) is 0 Å². The molecule has 4 nitrogen and oxygen atoms in total. The van der Waals surface area contributed by atoms with Crippen molar-refractivity contribution >= 4 is 44.5 Å². The summed E-state index contributed by atoms with van der Waals surface area (Å²) >= 11 is 5.10. The van der Waals surface area contributed by atoms with Gasteiger partial charge in [-0.3, -0.25) is 4.79 Å². The number of hydrogen-bond donors (Lipinski definition) is 3. The van der Waals surface area contributed by atoms with E-state index in [9.17, 15) is 4.79 Å². The van der Waals surface area contributed by atoms with Crippen molar-refractivity contribution in [1.82, 2.24) is 0 Å². The third-order valence-electron chi connectivity index (χ3n) is 2.47. The zero-order valence-electron chi connectivity index (χ0n) is 9.44. The lowest BCUT2D eigenvalue weighted by Crippen LogP contribution is -2.12. The second-order valence-electron chi connectivity index (χ2n) is 3.71. The average Bonchev–Trinajstić information content (AvgIpc) is 2.73. The normalized spacial score (nSPS) is 10.3. The summed E-state index contributed by atoms with van der Waals surface area (Å²) in [5.74, 6) is -0.463. The van der Waals surface area contributed by atoms with Gasteiger partial charge in [-0.2, -0.15) is 0 Å². The molecule has 2 aromatic rings. The molecule has 0 aliphatic rings. The van der Waals surface area contributed by atoms with E-state index in [4.69, 9.17) is 11.5 Å². The highest BCUT2D eigenvalue weighted by Crippen LogP contribution is 2.25. The molecule has 18 heavy (non-hydrogen) atoms. The molecular formula is C12H12BrN3OS. The third-order valence-corrected chi connectivity index (χ3v) is 4.39. The first-order valence-corrected chi connectivity index (χ1v) is 6.90. The van der Waals surface area contributed by atoms with E-state index in [1.807, 2.05) is 11.4 Å². The highest BCUT2D eigenvalue weighted by molar-refractivity contribution is 9.10. The summed E-state index contributed by atoms with van der Waals surface area (Å²) in [4.78, 5) is 12.3. The van der Waals surface area contributed by atoms with Crippen LogP contribution in [0.5, 0.6) is 0 Å². The van der Waals surface area contributed by atoms with Gasteiger partial charge in [-0.15, -0.1) is 11.3 Å². The topological polar surface area (TPSA) is 81.1 Å². The minimum atomic E-state index is -0.463. The molecule has 1 heterocycles. The Bertz CT molecular complexity index is 582. The lowest BCUT2D eigenvalue weighted by atomic mass is 10.1. The van der Waals surface area contributed by atoms with Crippen LogP contribution in [0.3, 0.4) is 0 Å². The lowest BCUT2D eigenvalue weighted by molar-refractivity contribution is 0.100. The van der Waals surface area contributed by atoms with E-state index in [0.29, 0.717) is 23.5 Å². The Morgan fingerprint density at radius 3 is 2.78 bits per heavy atom. The maximum atomic E-state index is 11.1. The molecule has 5 N–H and O–H groups in total. The number of nitrogen functional groups attached to an aromatic ring is 1. The SMILES string of the molecule is NC(=O)c1ccc(N)c(NCc2sccc2Br)c1. The minimum Gasteiger partial charge on any atom is -0.397 e. The molecule has 94 valence electrons. The molecule has 0 aliphatic carbocycles. The number of amides is 1. The molecule has 0 radical (unpaired) electrons. The van der Waals surface area contributed by atoms with Gasteiger partial charge in [0.25, 0.3) is 0 Å². The fourth-order valence-electron chi connectivity index (χ4n) is 1.49. The average molecular weight is 326 g/mol. The lowest BCUT2D eigenvalue weighted by Gasteiger charge is -2.09. The fourth-order valence-corrected chi connectivity index (χ4v) is 2.92. The Morgan fingerprint density at radius 2 is 2.17 bits per heavy atom. The Morgan fingerprint density at radius 1 is 1.39 bits per heavy atom. The third kappa shape index (κ3) is 2.83. The maximum Gasteiger partial charge on any atom is 0.248 e. The van der Waals surface area contributed by atoms with E-state index >= 15 is 0 Å². The van der Waals surface area contributed by atoms with Gasteiger partial charge in [-0.1, -0.05) is 0 Å². The molecular weight excluding hydrogens is 314 g/mol. The highest BCUT2D eigenvalue weighted by Gasteiger charge is 2.06. The zero-order valence-corrected chi connectivity index (χ0v) is 11.8. The van der Waals surface area contributed by atoms with E-state index < -0.39 is 5.91 Å². The molecule has 1 amide bonds. The Kier molecular flexibility index (Phi) is 3.88. The molecule has 2 rings (SSSR count). The standard InChI is InChI=1S/C12H12BrN3OS/c13-8-3-4-18-11(8)6-16-10-5-7(12(15)17)1-2-9(10)14/h1-5,16H,6,14H2,(H2,15,17). The van der Waals surface area contributed by atoms with Crippen molar-refractivity contribution in [2.45, 2.75) is 6.54 Å². The molecule has 0 saturated carbocycles. The van der Waals surface area contributed by atoms with E-state index in [1.165, 1.54) is 4.88 Å². The fraction of sp³-hybridized carbons (Fsp3) is 0.0833. The van der Waals surface area contributed by atoms with Crippen LogP contribution < -0.4 is 16.8 Å². The summed E-state index contributed by atoms with van der Waals surface area (Å²) in [5, 5.41) is 5.20. The number of thiophene rings is 1. The molecule has 0 aliphatic heterocycles. The molecule has 0 saturated heterocycles. The quantitative estimate of drug-likeness (QED) is 0.756. The smallest absolute Gasteiger partial charge is 0.248 e. The van der Waals surface area contributed by atoms with Crippen LogP contribution in [-0.2, 0) is 6.54 Å². The van der Waals surface area contributed by atoms with Gasteiger partial charge in [0, 0.05) is 14.9 Å². The molecule has 0 unspecified atom stereocenters. The summed E-state index contributed by atoms with van der Waals surface area (Å²) < 4.78 is 1.06. The number of benzene rings is 1. The molecule has 1 aromatic carbocycles. The van der Waals surface area contributed by atoms with Crippen LogP contribution in [0.25, 0.3) is 0 Å². The van der Waals surface area contributed by atoms with E-state index in [0.717, 1.165) is 4.47 Å². The first-order valence-electron chi connectivity index (χ1n) is 5.23. The van der Waals surface area contributed by atoms with Gasteiger partial charge < -0.3 is 16.8 Å². The second kappa shape index (κ2) is 5.41. The second-order valence-corrected chi connectivity index (χ2v) is 5.57. The van der Waals surface area contributed by atoms with Gasteiger partial charge in [0.05, 0.1) is 17.9 Å². The largest absolute Gasteiger partial charge is 0.397 e. The van der Waals surface area contributed by atoms with E-state index in [1.54, 1.807) is 29.5 Å². The summed E-state index contributed by atoms with van der Waals surface area (Å²) in [7, 11) is 0. The summed E-state index contributed by atoms with van der Waals surface area (Å²) in [6.45, 7) is 0.644. The molecule has 1 aromatic heterocycles. The first-order chi connectivity index (χ1) is 8.58. The zero-order chi connectivity index (χ0) is 13.1. The van der Waals surface area contributed by atoms with Gasteiger partial charge in [-0.05, 0) is 45.6 Å². The van der Waals surface area contributed by atoms with E-state index in [2.05, 4.69) is 21.2 Å². The Balaban J connectivity index is 2.16. The van der Waals surface area contributed by atoms with Crippen LogP contribution in [0.15, 0.2) is 34.1 Å². The van der Waals surface area contributed by atoms with Crippen molar-refractivity contribution in [3.63, 3.8) is 0 Å². The predicted octanol–water partition coefficient (Wildman–Crippen LogP) is 2.80. The first kappa shape index (κ1) is 12.9. The summed E-state index contributed by atoms with van der Waals surface area (Å²) in [5.41, 5.74) is 12.8. The van der Waals surface area contributed by atoms with Crippen LogP contribution >= 0.6 is 27.3 Å². The summed E-state index contributed by atoms with van der Waals surface area (Å²) in [6.07, 6.45) is 0. The van der Waals surface area contributed by atoms with Crippen LogP contribution in [0.2, 0.25) is 0 Å². The highest BCUT2D eigenvalue weighted by atomic mass is 79.9. The monoisotopic (exact) mass is 325 g/mol. The van der Waals surface area contributed by atoms with Crippen LogP contribution in [0.4, 0.5) is 11.4 Å². The predicted molar refractivity (Wildman–Crippen MR) is 78.7 cm³/mol. The number of nitrogens with two attached hydrogens (primary N) is 2. The number of carbonyl (C=O) groups is 1. The summed E-state index contributed by atoms with van der Waals surface area (Å²) in [6, 6.07) is 6.94. The Labute approximate surface area is 117 Å². The molecule has 0 fully saturated rings. The van der Waals surface area contributed by atoms with Gasteiger partial charge >= 0.3 is 0 Å². The van der Waals surface area contributed by atoms with Crippen LogP contribution in [-0.4, -0.2) is 5.91 Å². The molecule has 0 spiro atoms. The van der Waals surface area contributed by atoms with Crippen molar-refractivity contribution in [2.24, 2.45) is 5.73 Å². The number of rotatable bonds is 4. The molecule has 6 heteroatoms. The Hall–Kier alpha value is -1.53. The van der Waals surface area contributed by atoms with Gasteiger partial charge in [0.2, 0.25) is 5.91 Å². The van der Waals surface area contributed by atoms with Crippen LogP contribution in [0, 0.1) is 0 Å². The number of halogens is 1. The van der Waals surface area contributed by atoms with Gasteiger partial charge in [-0.25, -0.2) is 0 Å². The minimum absolute atomic E-state index is 0.442. The number of nitrogens with one attached hydrogen (secondary N) is 1. The number of hydrogen-bond acceptors (Lipinski definition) is 4. The van der Waals surface area contributed by atoms with Crippen molar-refractivity contribution in [3.05, 3.63) is 44.6 Å².